The molecule has 0 aliphatic heterocycles. The first-order chi connectivity index (χ1) is 4.16. The van der Waals surface area contributed by atoms with Gasteiger partial charge < -0.3 is 0 Å². The van der Waals surface area contributed by atoms with Crippen LogP contribution in [0, 0.1) is 0 Å². The van der Waals surface area contributed by atoms with Gasteiger partial charge in [-0.1, -0.05) is 6.58 Å². The van der Waals surface area contributed by atoms with E-state index in [1.54, 1.807) is 13.3 Å². The molecule has 0 atom stereocenters. The summed E-state index contributed by atoms with van der Waals surface area (Å²) < 4.78 is 0.913. The van der Waals surface area contributed by atoms with E-state index in [1.165, 1.54) is 0 Å². The van der Waals surface area contributed by atoms with Gasteiger partial charge in [-0.05, 0) is 29.5 Å². The quantitative estimate of drug-likeness (QED) is 0.378. The molecule has 0 aromatic rings. The third-order valence-corrected chi connectivity index (χ3v) is 0.994. The van der Waals surface area contributed by atoms with Crippen molar-refractivity contribution in [1.82, 2.24) is 0 Å². The summed E-state index contributed by atoms with van der Waals surface area (Å²) in [4.78, 5) is 7.79. The van der Waals surface area contributed by atoms with E-state index < -0.39 is 0 Å². The van der Waals surface area contributed by atoms with E-state index in [9.17, 15) is 0 Å². The van der Waals surface area contributed by atoms with Gasteiger partial charge in [0.25, 0.3) is 0 Å². The van der Waals surface area contributed by atoms with Crippen LogP contribution in [0.1, 0.15) is 6.92 Å². The van der Waals surface area contributed by atoms with Crippen molar-refractivity contribution in [3.8, 4) is 0 Å². The fraction of sp³-hybridized carbons (Fsp3) is 0.333. The lowest BCUT2D eigenvalue weighted by Crippen LogP contribution is -1.84. The van der Waals surface area contributed by atoms with E-state index >= 15 is 0 Å². The minimum atomic E-state index is 0.771. The molecule has 0 rings (SSSR count). The molecule has 0 bridgehead atoms. The van der Waals surface area contributed by atoms with Crippen LogP contribution in [0.4, 0.5) is 0 Å². The highest BCUT2D eigenvalue weighted by Gasteiger charge is 1.79. The van der Waals surface area contributed by atoms with Crippen molar-refractivity contribution >= 4 is 34.6 Å². The zero-order valence-electron chi connectivity index (χ0n) is 5.56. The highest BCUT2D eigenvalue weighted by Crippen LogP contribution is 1.95. The molecule has 50 valence electrons. The molecule has 0 N–H and O–H groups in total. The molecule has 0 aromatic carbocycles. The lowest BCUT2D eigenvalue weighted by Gasteiger charge is -1.85. The van der Waals surface area contributed by atoms with Crippen molar-refractivity contribution < 1.29 is 0 Å². The number of allylic oxidation sites excluding steroid dienone is 1. The Morgan fingerprint density at radius 3 is 2.56 bits per heavy atom. The van der Waals surface area contributed by atoms with Crippen molar-refractivity contribution in [2.45, 2.75) is 6.92 Å². The van der Waals surface area contributed by atoms with Crippen molar-refractivity contribution in [2.75, 3.05) is 7.05 Å². The molecule has 0 aromatic heterocycles. The van der Waals surface area contributed by atoms with Crippen molar-refractivity contribution in [3.63, 3.8) is 0 Å². The van der Waals surface area contributed by atoms with Crippen LogP contribution < -0.4 is 0 Å². The standard InChI is InChI=1S/C6H9IN2/c1-5(7)4-9-6(2)8-3/h4H,1H2,2-3H3/b8-6-,9-4-. The lowest BCUT2D eigenvalue weighted by molar-refractivity contribution is 1.38. The minimum Gasteiger partial charge on any atom is -0.274 e. The molecular weight excluding hydrogens is 227 g/mol. The molecule has 0 aliphatic carbocycles. The fourth-order valence-electron chi connectivity index (χ4n) is 0.221. The summed E-state index contributed by atoms with van der Waals surface area (Å²) >= 11 is 2.09. The molecule has 0 saturated carbocycles. The van der Waals surface area contributed by atoms with Crippen LogP contribution >= 0.6 is 22.6 Å². The molecular formula is C6H9IN2. The molecule has 3 heteroatoms. The minimum absolute atomic E-state index is 0.771. The van der Waals surface area contributed by atoms with Gasteiger partial charge in [0.2, 0.25) is 0 Å². The highest BCUT2D eigenvalue weighted by molar-refractivity contribution is 14.1. The van der Waals surface area contributed by atoms with E-state index in [2.05, 4.69) is 39.2 Å². The van der Waals surface area contributed by atoms with Crippen LogP contribution in [-0.4, -0.2) is 19.1 Å². The van der Waals surface area contributed by atoms with Gasteiger partial charge in [-0.2, -0.15) is 0 Å². The van der Waals surface area contributed by atoms with Crippen molar-refractivity contribution in [1.29, 1.82) is 0 Å². The van der Waals surface area contributed by atoms with E-state index in [0.717, 1.165) is 9.42 Å². The summed E-state index contributed by atoms with van der Waals surface area (Å²) in [6, 6.07) is 0. The zero-order valence-corrected chi connectivity index (χ0v) is 7.71. The molecule has 0 unspecified atom stereocenters. The van der Waals surface area contributed by atoms with Crippen LogP contribution in [0.15, 0.2) is 20.1 Å². The topological polar surface area (TPSA) is 24.7 Å². The second kappa shape index (κ2) is 4.67. The first kappa shape index (κ1) is 8.81. The maximum atomic E-state index is 3.96. The Morgan fingerprint density at radius 1 is 1.67 bits per heavy atom. The molecule has 0 aliphatic rings. The van der Waals surface area contributed by atoms with E-state index in [1.807, 2.05) is 6.92 Å². The first-order valence-corrected chi connectivity index (χ1v) is 3.56. The Bertz CT molecular complexity index is 158. The number of hydrogen-bond donors (Lipinski definition) is 0. The van der Waals surface area contributed by atoms with Crippen molar-refractivity contribution in [3.05, 3.63) is 10.2 Å². The predicted octanol–water partition coefficient (Wildman–Crippen LogP) is 2.05. The van der Waals surface area contributed by atoms with Gasteiger partial charge >= 0.3 is 0 Å². The first-order valence-electron chi connectivity index (χ1n) is 2.48. The lowest BCUT2D eigenvalue weighted by atomic mass is 10.6. The molecule has 0 amide bonds. The van der Waals surface area contributed by atoms with Gasteiger partial charge in [0.15, 0.2) is 0 Å². The fourth-order valence-corrected chi connectivity index (χ4v) is 0.360. The predicted molar refractivity (Wildman–Crippen MR) is 50.7 cm³/mol. The number of nitrogens with zero attached hydrogens (tertiary/aromatic N) is 2. The SMILES string of the molecule is C=C(I)/C=N\C(C)=N/C. The Labute approximate surface area is 68.9 Å². The third-order valence-electron chi connectivity index (χ3n) is 0.715. The Hall–Kier alpha value is -0.190. The summed E-state index contributed by atoms with van der Waals surface area (Å²) in [5, 5.41) is 0. The average molecular weight is 236 g/mol. The maximum absolute atomic E-state index is 3.96. The molecule has 2 nitrogen and oxygen atoms in total. The molecule has 0 spiro atoms. The van der Waals surface area contributed by atoms with Gasteiger partial charge in [0.1, 0.15) is 5.84 Å². The smallest absolute Gasteiger partial charge is 0.119 e. The largest absolute Gasteiger partial charge is 0.274 e. The molecule has 0 radical (unpaired) electrons. The second-order valence-corrected chi connectivity index (χ2v) is 2.86. The van der Waals surface area contributed by atoms with E-state index in [0.29, 0.717) is 0 Å². The summed E-state index contributed by atoms with van der Waals surface area (Å²) in [5.74, 6) is 0.771. The van der Waals surface area contributed by atoms with E-state index in [-0.39, 0.29) is 0 Å². The average Bonchev–Trinajstić information content (AvgIpc) is 1.83. The highest BCUT2D eigenvalue weighted by atomic mass is 127. The van der Waals surface area contributed by atoms with Crippen LogP contribution in [0.5, 0.6) is 0 Å². The molecule has 0 heterocycles. The van der Waals surface area contributed by atoms with Crippen LogP contribution in [0.2, 0.25) is 0 Å². The summed E-state index contributed by atoms with van der Waals surface area (Å²) in [7, 11) is 1.71. The zero-order chi connectivity index (χ0) is 7.28. The molecule has 0 saturated heterocycles. The molecule has 0 fully saturated rings. The Morgan fingerprint density at radius 2 is 2.22 bits per heavy atom. The Balaban J connectivity index is 3.86. The Kier molecular flexibility index (Phi) is 4.57. The molecule has 9 heavy (non-hydrogen) atoms. The van der Waals surface area contributed by atoms with Gasteiger partial charge in [-0.25, -0.2) is 4.99 Å². The third kappa shape index (κ3) is 5.68. The number of halogens is 1. The van der Waals surface area contributed by atoms with Gasteiger partial charge in [0.05, 0.1) is 0 Å². The number of hydrogen-bond acceptors (Lipinski definition) is 1. The number of aliphatic imine (C=N–C) groups is 2. The van der Waals surface area contributed by atoms with Gasteiger partial charge in [0, 0.05) is 16.8 Å². The van der Waals surface area contributed by atoms with Crippen LogP contribution in [0.25, 0.3) is 0 Å². The van der Waals surface area contributed by atoms with Crippen LogP contribution in [0.3, 0.4) is 0 Å². The number of amidine groups is 1. The summed E-state index contributed by atoms with van der Waals surface area (Å²) in [6.07, 6.45) is 1.68. The second-order valence-electron chi connectivity index (χ2n) is 1.48. The monoisotopic (exact) mass is 236 g/mol. The number of rotatable bonds is 1. The van der Waals surface area contributed by atoms with Crippen molar-refractivity contribution in [2.24, 2.45) is 9.98 Å². The normalized spacial score (nSPS) is 12.6. The van der Waals surface area contributed by atoms with Gasteiger partial charge in [-0.15, -0.1) is 0 Å². The van der Waals surface area contributed by atoms with Crippen LogP contribution in [-0.2, 0) is 0 Å². The maximum Gasteiger partial charge on any atom is 0.119 e. The van der Waals surface area contributed by atoms with Gasteiger partial charge in [-0.3, -0.25) is 4.99 Å². The van der Waals surface area contributed by atoms with E-state index in [4.69, 9.17) is 0 Å². The summed E-state index contributed by atoms with van der Waals surface area (Å²) in [5.41, 5.74) is 0. The summed E-state index contributed by atoms with van der Waals surface area (Å²) in [6.45, 7) is 5.49.